The molecule has 0 unspecified atom stereocenters. The smallest absolute Gasteiger partial charge is 0.257 e. The number of carbonyl (C=O) groups excluding carboxylic acids is 1. The second-order valence-electron chi connectivity index (χ2n) is 8.74. The average Bonchev–Trinajstić information content (AvgIpc) is 3.13. The predicted octanol–water partition coefficient (Wildman–Crippen LogP) is 4.22. The van der Waals surface area contributed by atoms with Gasteiger partial charge in [-0.3, -0.25) is 14.8 Å². The number of hydrogen-bond acceptors (Lipinski definition) is 5. The van der Waals surface area contributed by atoms with Gasteiger partial charge in [-0.25, -0.2) is 9.37 Å². The first kappa shape index (κ1) is 20.5. The molecule has 0 aliphatic carbocycles. The van der Waals surface area contributed by atoms with E-state index in [2.05, 4.69) is 39.4 Å². The van der Waals surface area contributed by atoms with Crippen molar-refractivity contribution in [3.8, 4) is 0 Å². The third kappa shape index (κ3) is 3.71. The van der Waals surface area contributed by atoms with E-state index in [0.29, 0.717) is 40.5 Å². The van der Waals surface area contributed by atoms with Crippen molar-refractivity contribution in [3.05, 3.63) is 65.6 Å². The van der Waals surface area contributed by atoms with E-state index in [-0.39, 0.29) is 11.6 Å². The first-order valence-corrected chi connectivity index (χ1v) is 10.8. The molecule has 1 amide bonds. The number of aromatic nitrogens is 4. The van der Waals surface area contributed by atoms with Crippen LogP contribution in [0.5, 0.6) is 0 Å². The lowest BCUT2D eigenvalue weighted by molar-refractivity contribution is 0.102. The molecule has 2 N–H and O–H groups in total. The van der Waals surface area contributed by atoms with Crippen LogP contribution in [0.1, 0.15) is 54.2 Å². The van der Waals surface area contributed by atoms with Crippen molar-refractivity contribution in [1.82, 2.24) is 24.7 Å². The summed E-state index contributed by atoms with van der Waals surface area (Å²) < 4.78 is 16.0. The molecule has 1 aliphatic heterocycles. The van der Waals surface area contributed by atoms with E-state index in [1.165, 1.54) is 6.07 Å². The summed E-state index contributed by atoms with van der Waals surface area (Å²) in [5, 5.41) is 6.37. The molecule has 8 heteroatoms. The lowest BCUT2D eigenvalue weighted by Gasteiger charge is -2.33. The molecule has 4 aromatic rings. The van der Waals surface area contributed by atoms with E-state index >= 15 is 0 Å². The van der Waals surface area contributed by atoms with Gasteiger partial charge in [0.2, 0.25) is 0 Å². The zero-order valence-electron chi connectivity index (χ0n) is 18.3. The van der Waals surface area contributed by atoms with E-state index in [9.17, 15) is 9.18 Å². The summed E-state index contributed by atoms with van der Waals surface area (Å²) in [7, 11) is 0. The standard InChI is InChI=1S/C24H25FN6O/c1-13-8-16(9-14(2)28-13)18-4-5-19(22-21(18)26-6-7-27-22)24(32)30-17-10-20(25)23-29-15(3)11-31(23)12-17/h4-7,10-14,16,28H,8-9H2,1-3H3,(H,30,32)/t13-,14+,16-. The predicted molar refractivity (Wildman–Crippen MR) is 121 cm³/mol. The molecule has 7 nitrogen and oxygen atoms in total. The van der Waals surface area contributed by atoms with Crippen LogP contribution in [0.4, 0.5) is 10.1 Å². The summed E-state index contributed by atoms with van der Waals surface area (Å²) in [5.74, 6) is -0.506. The maximum Gasteiger partial charge on any atom is 0.257 e. The maximum absolute atomic E-state index is 14.4. The minimum atomic E-state index is -0.495. The summed E-state index contributed by atoms with van der Waals surface area (Å²) >= 11 is 0. The van der Waals surface area contributed by atoms with Crippen LogP contribution in [0.2, 0.25) is 0 Å². The largest absolute Gasteiger partial charge is 0.320 e. The third-order valence-electron chi connectivity index (χ3n) is 6.07. The number of piperidine rings is 1. The molecule has 0 saturated carbocycles. The molecular formula is C24H25FN6O. The monoisotopic (exact) mass is 432 g/mol. The molecule has 32 heavy (non-hydrogen) atoms. The van der Waals surface area contributed by atoms with Crippen molar-refractivity contribution in [2.75, 3.05) is 5.32 Å². The Hall–Kier alpha value is -3.39. The van der Waals surface area contributed by atoms with Gasteiger partial charge >= 0.3 is 0 Å². The highest BCUT2D eigenvalue weighted by Crippen LogP contribution is 2.34. The summed E-state index contributed by atoms with van der Waals surface area (Å²) in [6.07, 6.45) is 8.63. The summed E-state index contributed by atoms with van der Waals surface area (Å²) in [4.78, 5) is 26.3. The molecule has 1 saturated heterocycles. The topological polar surface area (TPSA) is 84.2 Å². The van der Waals surface area contributed by atoms with E-state index < -0.39 is 5.82 Å². The first-order chi connectivity index (χ1) is 15.4. The fourth-order valence-electron chi connectivity index (χ4n) is 4.86. The van der Waals surface area contributed by atoms with E-state index in [4.69, 9.17) is 0 Å². The van der Waals surface area contributed by atoms with Crippen LogP contribution < -0.4 is 10.6 Å². The van der Waals surface area contributed by atoms with E-state index in [1.807, 2.05) is 6.07 Å². The number of pyridine rings is 1. The molecule has 0 spiro atoms. The molecule has 3 aromatic heterocycles. The van der Waals surface area contributed by atoms with Gasteiger partial charge in [0.05, 0.1) is 22.5 Å². The Morgan fingerprint density at radius 1 is 1.12 bits per heavy atom. The lowest BCUT2D eigenvalue weighted by Crippen LogP contribution is -2.41. The second kappa shape index (κ2) is 7.94. The van der Waals surface area contributed by atoms with Crippen molar-refractivity contribution < 1.29 is 9.18 Å². The number of benzene rings is 1. The number of imidazole rings is 1. The Morgan fingerprint density at radius 3 is 2.59 bits per heavy atom. The molecule has 1 aromatic carbocycles. The molecular weight excluding hydrogens is 407 g/mol. The number of halogens is 1. The minimum absolute atomic E-state index is 0.228. The normalized spacial score (nSPS) is 21.2. The van der Waals surface area contributed by atoms with Gasteiger partial charge in [-0.15, -0.1) is 0 Å². The molecule has 1 fully saturated rings. The van der Waals surface area contributed by atoms with Gasteiger partial charge in [-0.05, 0) is 51.2 Å². The van der Waals surface area contributed by atoms with Gasteiger partial charge in [0, 0.05) is 42.9 Å². The van der Waals surface area contributed by atoms with E-state index in [0.717, 1.165) is 23.9 Å². The van der Waals surface area contributed by atoms with Crippen LogP contribution in [-0.2, 0) is 0 Å². The molecule has 3 atom stereocenters. The van der Waals surface area contributed by atoms with Crippen molar-refractivity contribution >= 4 is 28.3 Å². The number of aryl methyl sites for hydroxylation is 1. The van der Waals surface area contributed by atoms with Gasteiger partial charge in [-0.2, -0.15) is 0 Å². The van der Waals surface area contributed by atoms with Crippen molar-refractivity contribution in [2.24, 2.45) is 0 Å². The lowest BCUT2D eigenvalue weighted by atomic mass is 9.82. The summed E-state index contributed by atoms with van der Waals surface area (Å²) in [5.41, 5.74) is 4.11. The third-order valence-corrected chi connectivity index (χ3v) is 6.07. The zero-order valence-corrected chi connectivity index (χ0v) is 18.3. The van der Waals surface area contributed by atoms with Crippen LogP contribution >= 0.6 is 0 Å². The second-order valence-corrected chi connectivity index (χ2v) is 8.74. The Labute approximate surface area is 185 Å². The molecule has 4 heterocycles. The highest BCUT2D eigenvalue weighted by atomic mass is 19.1. The number of amides is 1. The number of nitrogens with zero attached hydrogens (tertiary/aromatic N) is 4. The van der Waals surface area contributed by atoms with Gasteiger partial charge < -0.3 is 15.0 Å². The van der Waals surface area contributed by atoms with Gasteiger partial charge in [-0.1, -0.05) is 6.07 Å². The van der Waals surface area contributed by atoms with Crippen LogP contribution in [-0.4, -0.2) is 37.3 Å². The van der Waals surface area contributed by atoms with Crippen LogP contribution in [0, 0.1) is 12.7 Å². The average molecular weight is 433 g/mol. The molecule has 0 radical (unpaired) electrons. The highest BCUT2D eigenvalue weighted by Gasteiger charge is 2.27. The molecule has 1 aliphatic rings. The minimum Gasteiger partial charge on any atom is -0.320 e. The SMILES string of the molecule is Cc1cn2cc(NC(=O)c3ccc([C@@H]4C[C@@H](C)N[C@@H](C)C4)c4nccnc34)cc(F)c2n1. The number of hydrogen-bond donors (Lipinski definition) is 2. The molecule has 0 bridgehead atoms. The van der Waals surface area contributed by atoms with Crippen molar-refractivity contribution in [3.63, 3.8) is 0 Å². The van der Waals surface area contributed by atoms with Crippen molar-refractivity contribution in [1.29, 1.82) is 0 Å². The summed E-state index contributed by atoms with van der Waals surface area (Å²) in [6, 6.07) is 5.89. The fraction of sp³-hybridized carbons (Fsp3) is 0.333. The van der Waals surface area contributed by atoms with Crippen LogP contribution in [0.3, 0.4) is 0 Å². The Balaban J connectivity index is 1.50. The van der Waals surface area contributed by atoms with Crippen LogP contribution in [0.15, 0.2) is 43.0 Å². The Bertz CT molecular complexity index is 1320. The maximum atomic E-state index is 14.4. The number of anilines is 1. The van der Waals surface area contributed by atoms with Crippen molar-refractivity contribution in [2.45, 2.75) is 51.6 Å². The Morgan fingerprint density at radius 2 is 1.84 bits per heavy atom. The molecule has 164 valence electrons. The van der Waals surface area contributed by atoms with Gasteiger partial charge in [0.25, 0.3) is 5.91 Å². The Kier molecular flexibility index (Phi) is 5.09. The molecule has 5 rings (SSSR count). The van der Waals surface area contributed by atoms with Gasteiger partial charge in [0.1, 0.15) is 5.52 Å². The zero-order chi connectivity index (χ0) is 22.4. The summed E-state index contributed by atoms with van der Waals surface area (Å²) in [6.45, 7) is 6.17. The number of rotatable bonds is 3. The first-order valence-electron chi connectivity index (χ1n) is 10.8. The van der Waals surface area contributed by atoms with E-state index in [1.54, 1.807) is 42.2 Å². The highest BCUT2D eigenvalue weighted by molar-refractivity contribution is 6.11. The fourth-order valence-corrected chi connectivity index (χ4v) is 4.86. The quantitative estimate of drug-likeness (QED) is 0.506. The number of nitrogens with one attached hydrogen (secondary N) is 2. The number of fused-ring (bicyclic) bond motifs is 2. The van der Waals surface area contributed by atoms with Crippen LogP contribution in [0.25, 0.3) is 16.7 Å². The van der Waals surface area contributed by atoms with Gasteiger partial charge in [0.15, 0.2) is 11.5 Å². The number of carbonyl (C=O) groups is 1.